The number of piperidine rings is 1. The first-order chi connectivity index (χ1) is 13.9. The monoisotopic (exact) mass is 396 g/mol. The van der Waals surface area contributed by atoms with Gasteiger partial charge in [-0.1, -0.05) is 0 Å². The zero-order chi connectivity index (χ0) is 20.5. The largest absolute Gasteiger partial charge is 0.336 e. The lowest BCUT2D eigenvalue weighted by Crippen LogP contribution is -2.58. The first-order valence-electron chi connectivity index (χ1n) is 10.2. The molecule has 0 N–H and O–H groups in total. The fourth-order valence-electron chi connectivity index (χ4n) is 4.29. The van der Waals surface area contributed by atoms with Crippen molar-refractivity contribution in [2.75, 3.05) is 37.6 Å². The van der Waals surface area contributed by atoms with E-state index in [9.17, 15) is 9.59 Å². The molecule has 8 nitrogen and oxygen atoms in total. The Bertz CT molecular complexity index is 898. The normalized spacial score (nSPS) is 20.9. The van der Waals surface area contributed by atoms with Gasteiger partial charge in [0.05, 0.1) is 17.3 Å². The van der Waals surface area contributed by atoms with Gasteiger partial charge < -0.3 is 4.90 Å². The quantitative estimate of drug-likeness (QED) is 0.784. The number of aryl methyl sites for hydroxylation is 3. The minimum atomic E-state index is -0.128. The average molecular weight is 396 g/mol. The van der Waals surface area contributed by atoms with Crippen LogP contribution in [0.2, 0.25) is 0 Å². The van der Waals surface area contributed by atoms with Crippen molar-refractivity contribution in [3.63, 3.8) is 0 Å². The van der Waals surface area contributed by atoms with E-state index in [1.165, 1.54) is 0 Å². The van der Waals surface area contributed by atoms with Crippen molar-refractivity contribution in [1.82, 2.24) is 24.6 Å². The van der Waals surface area contributed by atoms with Crippen molar-refractivity contribution in [3.8, 4) is 0 Å². The molecule has 2 aliphatic rings. The van der Waals surface area contributed by atoms with Crippen LogP contribution in [0.1, 0.15) is 34.6 Å². The van der Waals surface area contributed by atoms with E-state index in [0.29, 0.717) is 31.7 Å². The van der Waals surface area contributed by atoms with E-state index in [0.717, 1.165) is 36.6 Å². The molecule has 0 unspecified atom stereocenters. The van der Waals surface area contributed by atoms with Crippen molar-refractivity contribution < 1.29 is 9.59 Å². The first kappa shape index (κ1) is 19.6. The summed E-state index contributed by atoms with van der Waals surface area (Å²) < 4.78 is 1.78. The number of piperazine rings is 1. The molecule has 2 fully saturated rings. The highest BCUT2D eigenvalue weighted by Gasteiger charge is 2.37. The second-order valence-corrected chi connectivity index (χ2v) is 7.93. The lowest BCUT2D eigenvalue weighted by atomic mass is 10.0. The molecule has 0 aromatic carbocycles. The maximum absolute atomic E-state index is 13.2. The second-order valence-electron chi connectivity index (χ2n) is 7.93. The van der Waals surface area contributed by atoms with Crippen LogP contribution in [0.3, 0.4) is 0 Å². The predicted octanol–water partition coefficient (Wildman–Crippen LogP) is 1.39. The number of hydrogen-bond acceptors (Lipinski definition) is 5. The van der Waals surface area contributed by atoms with E-state index in [1.54, 1.807) is 10.9 Å². The van der Waals surface area contributed by atoms with Crippen LogP contribution in [0, 0.1) is 13.8 Å². The summed E-state index contributed by atoms with van der Waals surface area (Å²) in [6.07, 6.45) is 3.47. The number of aromatic nitrogens is 3. The van der Waals surface area contributed by atoms with Gasteiger partial charge >= 0.3 is 0 Å². The third kappa shape index (κ3) is 3.89. The number of hydrogen-bond donors (Lipinski definition) is 0. The molecule has 2 aromatic rings. The third-order valence-electron chi connectivity index (χ3n) is 5.86. The Morgan fingerprint density at radius 2 is 1.83 bits per heavy atom. The van der Waals surface area contributed by atoms with E-state index in [-0.39, 0.29) is 17.9 Å². The topological polar surface area (TPSA) is 74.6 Å². The minimum Gasteiger partial charge on any atom is -0.336 e. The SMILES string of the molecule is Cc1ccc(C(=O)N2CCN([C@@H]3CCCN(c4cc(C)nn4C)C3=O)CC2)cn1. The van der Waals surface area contributed by atoms with Crippen molar-refractivity contribution in [2.45, 2.75) is 32.7 Å². The first-order valence-corrected chi connectivity index (χ1v) is 10.2. The molecule has 4 heterocycles. The fraction of sp³-hybridized carbons (Fsp3) is 0.524. The molecular formula is C21H28N6O2. The molecule has 154 valence electrons. The van der Waals surface area contributed by atoms with Crippen LogP contribution in [-0.4, -0.2) is 75.1 Å². The number of anilines is 1. The second kappa shape index (κ2) is 7.94. The molecule has 0 spiro atoms. The van der Waals surface area contributed by atoms with Crippen molar-refractivity contribution in [1.29, 1.82) is 0 Å². The highest BCUT2D eigenvalue weighted by atomic mass is 16.2. The summed E-state index contributed by atoms with van der Waals surface area (Å²) in [6.45, 7) is 7.24. The van der Waals surface area contributed by atoms with E-state index in [4.69, 9.17) is 0 Å². The van der Waals surface area contributed by atoms with Gasteiger partial charge in [0.1, 0.15) is 5.82 Å². The number of rotatable bonds is 3. The van der Waals surface area contributed by atoms with Gasteiger partial charge in [-0.2, -0.15) is 5.10 Å². The highest BCUT2D eigenvalue weighted by Crippen LogP contribution is 2.25. The van der Waals surface area contributed by atoms with Crippen LogP contribution in [-0.2, 0) is 11.8 Å². The zero-order valence-corrected chi connectivity index (χ0v) is 17.3. The van der Waals surface area contributed by atoms with Crippen molar-refractivity contribution >= 4 is 17.6 Å². The lowest BCUT2D eigenvalue weighted by molar-refractivity contribution is -0.126. The fourth-order valence-corrected chi connectivity index (χ4v) is 4.29. The van der Waals surface area contributed by atoms with Crippen LogP contribution in [0.5, 0.6) is 0 Å². The van der Waals surface area contributed by atoms with Crippen LogP contribution >= 0.6 is 0 Å². The average Bonchev–Trinajstić information content (AvgIpc) is 3.06. The van der Waals surface area contributed by atoms with Crippen LogP contribution < -0.4 is 4.90 Å². The van der Waals surface area contributed by atoms with Crippen LogP contribution in [0.25, 0.3) is 0 Å². The van der Waals surface area contributed by atoms with Gasteiger partial charge in [0.2, 0.25) is 5.91 Å². The Balaban J connectivity index is 1.40. The molecule has 1 atom stereocenters. The van der Waals surface area contributed by atoms with Gasteiger partial charge in [0.25, 0.3) is 5.91 Å². The highest BCUT2D eigenvalue weighted by molar-refractivity contribution is 5.97. The maximum atomic E-state index is 13.2. The van der Waals surface area contributed by atoms with Gasteiger partial charge in [-0.25, -0.2) is 0 Å². The van der Waals surface area contributed by atoms with Crippen molar-refractivity contribution in [2.24, 2.45) is 7.05 Å². The Kier molecular flexibility index (Phi) is 5.36. The van der Waals surface area contributed by atoms with Gasteiger partial charge in [-0.05, 0) is 38.8 Å². The Morgan fingerprint density at radius 3 is 2.45 bits per heavy atom. The number of nitrogens with zero attached hydrogens (tertiary/aromatic N) is 6. The predicted molar refractivity (Wildman–Crippen MR) is 110 cm³/mol. The van der Waals surface area contributed by atoms with Gasteiger partial charge in [-0.3, -0.25) is 29.1 Å². The molecule has 29 heavy (non-hydrogen) atoms. The number of amides is 2. The summed E-state index contributed by atoms with van der Waals surface area (Å²) in [6, 6.07) is 5.53. The van der Waals surface area contributed by atoms with Gasteiger partial charge in [-0.15, -0.1) is 0 Å². The summed E-state index contributed by atoms with van der Waals surface area (Å²) >= 11 is 0. The number of carbonyl (C=O) groups is 2. The number of pyridine rings is 1. The summed E-state index contributed by atoms with van der Waals surface area (Å²) in [7, 11) is 1.88. The van der Waals surface area contributed by atoms with Gasteiger partial charge in [0, 0.05) is 57.7 Å². The summed E-state index contributed by atoms with van der Waals surface area (Å²) in [4.78, 5) is 36.1. The van der Waals surface area contributed by atoms with E-state index in [2.05, 4.69) is 15.0 Å². The molecule has 2 amide bonds. The molecule has 2 aliphatic heterocycles. The van der Waals surface area contributed by atoms with Crippen LogP contribution in [0.4, 0.5) is 5.82 Å². The van der Waals surface area contributed by atoms with E-state index >= 15 is 0 Å². The molecule has 8 heteroatoms. The molecule has 2 aromatic heterocycles. The summed E-state index contributed by atoms with van der Waals surface area (Å²) in [5.41, 5.74) is 2.43. The molecule has 0 bridgehead atoms. The van der Waals surface area contributed by atoms with Gasteiger partial charge in [0.15, 0.2) is 0 Å². The van der Waals surface area contributed by atoms with Crippen molar-refractivity contribution in [3.05, 3.63) is 41.3 Å². The van der Waals surface area contributed by atoms with E-state index in [1.807, 2.05) is 48.9 Å². The maximum Gasteiger partial charge on any atom is 0.255 e. The molecule has 0 aliphatic carbocycles. The Hall–Kier alpha value is -2.74. The zero-order valence-electron chi connectivity index (χ0n) is 17.3. The summed E-state index contributed by atoms with van der Waals surface area (Å²) in [5.74, 6) is 1.01. The van der Waals surface area contributed by atoms with E-state index < -0.39 is 0 Å². The molecule has 0 saturated carbocycles. The Labute approximate surface area is 171 Å². The number of carbonyl (C=O) groups excluding carboxylic acids is 2. The molecular weight excluding hydrogens is 368 g/mol. The minimum absolute atomic E-state index is 0.0131. The Morgan fingerprint density at radius 1 is 1.07 bits per heavy atom. The third-order valence-corrected chi connectivity index (χ3v) is 5.86. The standard InChI is InChI=1S/C21H28N6O2/c1-15-6-7-17(14-22-15)20(28)26-11-9-25(10-12-26)18-5-4-8-27(21(18)29)19-13-16(2)23-24(19)3/h6-7,13-14,18H,4-5,8-12H2,1-3H3/t18-/m1/s1. The smallest absolute Gasteiger partial charge is 0.255 e. The molecule has 4 rings (SSSR count). The molecule has 0 radical (unpaired) electrons. The summed E-state index contributed by atoms with van der Waals surface area (Å²) in [5, 5.41) is 4.38. The molecule has 2 saturated heterocycles. The lowest BCUT2D eigenvalue weighted by Gasteiger charge is -2.42. The van der Waals surface area contributed by atoms with Crippen LogP contribution in [0.15, 0.2) is 24.4 Å².